The zero-order valence-corrected chi connectivity index (χ0v) is 13.6. The predicted octanol–water partition coefficient (Wildman–Crippen LogP) is 4.91. The van der Waals surface area contributed by atoms with Crippen LogP contribution in [0, 0.1) is 6.92 Å². The standard InChI is InChI=1S/C17H14F2N4S/c1-10-6-7-11-13(8-10)22-17(21-11)24-9-15-20-12-4-2-3-5-14(12)23(15)16(18)19/h2-8,16H,9H2,1H3,(H,21,22). The molecule has 1 N–H and O–H groups in total. The van der Waals surface area contributed by atoms with E-state index in [0.717, 1.165) is 21.2 Å². The summed E-state index contributed by atoms with van der Waals surface area (Å²) in [5.41, 5.74) is 3.98. The first-order chi connectivity index (χ1) is 11.6. The molecule has 0 saturated carbocycles. The molecule has 7 heteroatoms. The number of alkyl halides is 2. The van der Waals surface area contributed by atoms with E-state index in [0.29, 0.717) is 27.8 Å². The molecule has 0 spiro atoms. The summed E-state index contributed by atoms with van der Waals surface area (Å²) in [5.74, 6) is 0.658. The van der Waals surface area contributed by atoms with Crippen molar-refractivity contribution in [2.75, 3.05) is 0 Å². The lowest BCUT2D eigenvalue weighted by molar-refractivity contribution is 0.0722. The molecule has 0 aliphatic carbocycles. The number of imidazole rings is 2. The van der Waals surface area contributed by atoms with Gasteiger partial charge in [-0.3, -0.25) is 4.57 Å². The third kappa shape index (κ3) is 2.65. The minimum Gasteiger partial charge on any atom is -0.333 e. The summed E-state index contributed by atoms with van der Waals surface area (Å²) in [7, 11) is 0. The van der Waals surface area contributed by atoms with Crippen molar-refractivity contribution < 1.29 is 8.78 Å². The number of rotatable bonds is 4. The van der Waals surface area contributed by atoms with E-state index in [4.69, 9.17) is 0 Å². The van der Waals surface area contributed by atoms with Crippen molar-refractivity contribution >= 4 is 33.8 Å². The summed E-state index contributed by atoms with van der Waals surface area (Å²) >= 11 is 1.37. The Balaban J connectivity index is 1.65. The zero-order chi connectivity index (χ0) is 16.7. The average Bonchev–Trinajstić information content (AvgIpc) is 3.12. The van der Waals surface area contributed by atoms with Crippen LogP contribution in [-0.2, 0) is 5.75 Å². The molecule has 4 nitrogen and oxygen atoms in total. The summed E-state index contributed by atoms with van der Waals surface area (Å²) in [6.07, 6.45) is 0. The maximum atomic E-state index is 13.4. The van der Waals surface area contributed by atoms with Gasteiger partial charge in [0, 0.05) is 0 Å². The van der Waals surface area contributed by atoms with Gasteiger partial charge in [0.15, 0.2) is 5.16 Å². The number of halogens is 2. The Kier molecular flexibility index (Phi) is 3.72. The number of para-hydroxylation sites is 2. The highest BCUT2D eigenvalue weighted by molar-refractivity contribution is 7.98. The topological polar surface area (TPSA) is 46.5 Å². The molecule has 0 amide bonds. The Hall–Kier alpha value is -2.41. The molecule has 2 aromatic heterocycles. The third-order valence-electron chi connectivity index (χ3n) is 3.82. The van der Waals surface area contributed by atoms with E-state index in [1.807, 2.05) is 25.1 Å². The molecule has 0 saturated heterocycles. The lowest BCUT2D eigenvalue weighted by atomic mass is 10.2. The second-order valence-electron chi connectivity index (χ2n) is 5.52. The molecule has 0 unspecified atom stereocenters. The molecule has 0 bridgehead atoms. The molecular formula is C17H14F2N4S. The number of aryl methyl sites for hydroxylation is 1. The zero-order valence-electron chi connectivity index (χ0n) is 12.8. The highest BCUT2D eigenvalue weighted by Crippen LogP contribution is 2.28. The van der Waals surface area contributed by atoms with Gasteiger partial charge in [-0.05, 0) is 36.8 Å². The number of hydrogen-bond acceptors (Lipinski definition) is 3. The van der Waals surface area contributed by atoms with E-state index in [1.165, 1.54) is 11.8 Å². The molecule has 4 aromatic rings. The summed E-state index contributed by atoms with van der Waals surface area (Å²) in [5, 5.41) is 0.698. The number of aromatic amines is 1. The van der Waals surface area contributed by atoms with Crippen LogP contribution >= 0.6 is 11.8 Å². The van der Waals surface area contributed by atoms with Crippen molar-refractivity contribution in [3.8, 4) is 0 Å². The summed E-state index contributed by atoms with van der Waals surface area (Å²) in [6.45, 7) is -0.607. The van der Waals surface area contributed by atoms with Gasteiger partial charge in [0.2, 0.25) is 0 Å². The minimum atomic E-state index is -2.62. The van der Waals surface area contributed by atoms with Crippen LogP contribution in [0.4, 0.5) is 8.78 Å². The van der Waals surface area contributed by atoms with Crippen LogP contribution in [-0.4, -0.2) is 19.5 Å². The van der Waals surface area contributed by atoms with Gasteiger partial charge in [0.05, 0.1) is 27.8 Å². The highest BCUT2D eigenvalue weighted by atomic mass is 32.2. The van der Waals surface area contributed by atoms with Crippen molar-refractivity contribution in [2.24, 2.45) is 0 Å². The van der Waals surface area contributed by atoms with E-state index < -0.39 is 6.55 Å². The van der Waals surface area contributed by atoms with Gasteiger partial charge < -0.3 is 4.98 Å². The minimum absolute atomic E-state index is 0.317. The maximum Gasteiger partial charge on any atom is 0.320 e. The maximum absolute atomic E-state index is 13.4. The number of aromatic nitrogens is 4. The molecule has 0 atom stereocenters. The molecule has 24 heavy (non-hydrogen) atoms. The number of thioether (sulfide) groups is 1. The number of hydrogen-bond donors (Lipinski definition) is 1. The third-order valence-corrected chi connectivity index (χ3v) is 4.69. The Bertz CT molecular complexity index is 1020. The van der Waals surface area contributed by atoms with Gasteiger partial charge >= 0.3 is 6.55 Å². The lowest BCUT2D eigenvalue weighted by Gasteiger charge is -2.06. The van der Waals surface area contributed by atoms with Crippen LogP contribution in [0.3, 0.4) is 0 Å². The number of H-pyrrole nitrogens is 1. The quantitative estimate of drug-likeness (QED) is 0.535. The fourth-order valence-corrected chi connectivity index (χ4v) is 3.53. The van der Waals surface area contributed by atoms with Gasteiger partial charge in [-0.2, -0.15) is 8.78 Å². The Morgan fingerprint density at radius 1 is 1.12 bits per heavy atom. The predicted molar refractivity (Wildman–Crippen MR) is 91.4 cm³/mol. The molecule has 2 heterocycles. The monoisotopic (exact) mass is 344 g/mol. The van der Waals surface area contributed by atoms with Crippen LogP contribution in [0.25, 0.3) is 22.1 Å². The van der Waals surface area contributed by atoms with Crippen molar-refractivity contribution in [1.82, 2.24) is 19.5 Å². The van der Waals surface area contributed by atoms with Crippen molar-refractivity contribution in [3.05, 3.63) is 53.9 Å². The van der Waals surface area contributed by atoms with E-state index in [2.05, 4.69) is 15.0 Å². The van der Waals surface area contributed by atoms with Gasteiger partial charge in [0.1, 0.15) is 5.82 Å². The first-order valence-corrected chi connectivity index (χ1v) is 8.43. The summed E-state index contributed by atoms with van der Waals surface area (Å²) in [6, 6.07) is 12.9. The summed E-state index contributed by atoms with van der Waals surface area (Å²) in [4.78, 5) is 12.0. The van der Waals surface area contributed by atoms with E-state index in [-0.39, 0.29) is 0 Å². The van der Waals surface area contributed by atoms with Crippen molar-refractivity contribution in [2.45, 2.75) is 24.4 Å². The van der Waals surface area contributed by atoms with Crippen LogP contribution in [0.5, 0.6) is 0 Å². The lowest BCUT2D eigenvalue weighted by Crippen LogP contribution is -2.03. The van der Waals surface area contributed by atoms with E-state index in [1.54, 1.807) is 24.3 Å². The number of nitrogens with zero attached hydrogens (tertiary/aromatic N) is 3. The fourth-order valence-electron chi connectivity index (χ4n) is 2.72. The molecule has 4 rings (SSSR count). The van der Waals surface area contributed by atoms with Crippen molar-refractivity contribution in [1.29, 1.82) is 0 Å². The van der Waals surface area contributed by atoms with Gasteiger partial charge in [-0.15, -0.1) is 0 Å². The smallest absolute Gasteiger partial charge is 0.320 e. The van der Waals surface area contributed by atoms with Crippen LogP contribution < -0.4 is 0 Å². The Morgan fingerprint density at radius 2 is 1.96 bits per heavy atom. The molecular weight excluding hydrogens is 330 g/mol. The second kappa shape index (κ2) is 5.90. The Morgan fingerprint density at radius 3 is 2.79 bits per heavy atom. The first kappa shape index (κ1) is 15.1. The second-order valence-corrected chi connectivity index (χ2v) is 6.48. The molecule has 2 aromatic carbocycles. The number of fused-ring (bicyclic) bond motifs is 2. The average molecular weight is 344 g/mol. The molecule has 0 radical (unpaired) electrons. The molecule has 0 aliphatic rings. The van der Waals surface area contributed by atoms with Gasteiger partial charge in [-0.1, -0.05) is 30.0 Å². The van der Waals surface area contributed by atoms with Crippen LogP contribution in [0.2, 0.25) is 0 Å². The molecule has 122 valence electrons. The Labute approximate surface area is 140 Å². The number of benzene rings is 2. The SMILES string of the molecule is Cc1ccc2nc(SCc3nc4ccccc4n3C(F)F)[nH]c2c1. The van der Waals surface area contributed by atoms with Crippen LogP contribution in [0.15, 0.2) is 47.6 Å². The molecule has 0 fully saturated rings. The normalized spacial score (nSPS) is 11.8. The van der Waals surface area contributed by atoms with E-state index in [9.17, 15) is 8.78 Å². The fraction of sp³-hybridized carbons (Fsp3) is 0.176. The van der Waals surface area contributed by atoms with E-state index >= 15 is 0 Å². The number of nitrogens with one attached hydrogen (secondary N) is 1. The largest absolute Gasteiger partial charge is 0.333 e. The molecule has 0 aliphatic heterocycles. The first-order valence-electron chi connectivity index (χ1n) is 7.45. The highest BCUT2D eigenvalue weighted by Gasteiger charge is 2.18. The van der Waals surface area contributed by atoms with Crippen molar-refractivity contribution in [3.63, 3.8) is 0 Å². The van der Waals surface area contributed by atoms with Crippen LogP contribution in [0.1, 0.15) is 17.9 Å². The van der Waals surface area contributed by atoms with Gasteiger partial charge in [0.25, 0.3) is 0 Å². The van der Waals surface area contributed by atoms with Gasteiger partial charge in [-0.25, -0.2) is 9.97 Å². The summed E-state index contributed by atoms with van der Waals surface area (Å²) < 4.78 is 27.8.